The van der Waals surface area contributed by atoms with Gasteiger partial charge < -0.3 is 16.2 Å². The molecule has 0 bridgehead atoms. The lowest BCUT2D eigenvalue weighted by molar-refractivity contribution is 0.283. The largest absolute Gasteiger partial charge is 0.396 e. The van der Waals surface area contributed by atoms with Crippen LogP contribution in [0.25, 0.3) is 0 Å². The van der Waals surface area contributed by atoms with E-state index >= 15 is 0 Å². The van der Waals surface area contributed by atoms with Gasteiger partial charge in [0.15, 0.2) is 0 Å². The van der Waals surface area contributed by atoms with E-state index < -0.39 is 5.82 Å². The summed E-state index contributed by atoms with van der Waals surface area (Å²) in [6.07, 6.45) is 0.610. The van der Waals surface area contributed by atoms with E-state index in [1.165, 1.54) is 6.07 Å². The van der Waals surface area contributed by atoms with Gasteiger partial charge in [0, 0.05) is 24.8 Å². The van der Waals surface area contributed by atoms with Gasteiger partial charge in [0.25, 0.3) is 0 Å². The average molecular weight is 247 g/mol. The van der Waals surface area contributed by atoms with Crippen molar-refractivity contribution >= 4 is 11.6 Å². The fourth-order valence-electron chi connectivity index (χ4n) is 1.47. The van der Waals surface area contributed by atoms with Crippen molar-refractivity contribution in [1.82, 2.24) is 5.32 Å². The first-order valence-corrected chi connectivity index (χ1v) is 5.56. The number of aliphatic hydroxyl groups excluding tert-OH is 1. The highest BCUT2D eigenvalue weighted by Crippen LogP contribution is 2.22. The van der Waals surface area contributed by atoms with Crippen LogP contribution in [0.5, 0.6) is 0 Å². The summed E-state index contributed by atoms with van der Waals surface area (Å²) in [5.41, 5.74) is 6.04. The molecule has 1 aromatic rings. The molecule has 1 rings (SSSR count). The minimum Gasteiger partial charge on any atom is -0.396 e. The first kappa shape index (κ1) is 13.4. The van der Waals surface area contributed by atoms with Crippen molar-refractivity contribution < 1.29 is 9.50 Å². The van der Waals surface area contributed by atoms with Gasteiger partial charge in [-0.05, 0) is 19.0 Å². The first-order chi connectivity index (χ1) is 7.70. The fourth-order valence-corrected chi connectivity index (χ4v) is 1.65. The van der Waals surface area contributed by atoms with Crippen molar-refractivity contribution in [3.8, 4) is 0 Å². The zero-order chi connectivity index (χ0) is 12.0. The van der Waals surface area contributed by atoms with Crippen LogP contribution in [0.15, 0.2) is 18.2 Å². The number of nitrogens with two attached hydrogens (primary N) is 1. The van der Waals surface area contributed by atoms with E-state index in [2.05, 4.69) is 5.32 Å². The average Bonchev–Trinajstić information content (AvgIpc) is 2.29. The maximum atomic E-state index is 13.7. The highest BCUT2D eigenvalue weighted by molar-refractivity contribution is 6.30. The number of rotatable bonds is 6. The highest BCUT2D eigenvalue weighted by atomic mass is 35.5. The number of benzene rings is 1. The van der Waals surface area contributed by atoms with Crippen molar-refractivity contribution in [3.63, 3.8) is 0 Å². The van der Waals surface area contributed by atoms with Gasteiger partial charge in [0.1, 0.15) is 5.82 Å². The molecule has 0 aliphatic carbocycles. The maximum absolute atomic E-state index is 13.7. The quantitative estimate of drug-likeness (QED) is 0.666. The predicted molar refractivity (Wildman–Crippen MR) is 62.9 cm³/mol. The minimum absolute atomic E-state index is 0.0971. The minimum atomic E-state index is -0.434. The lowest BCUT2D eigenvalue weighted by Crippen LogP contribution is -2.30. The maximum Gasteiger partial charge on any atom is 0.146 e. The Bertz CT molecular complexity index is 336. The van der Waals surface area contributed by atoms with Gasteiger partial charge in [0.05, 0.1) is 5.02 Å². The molecule has 90 valence electrons. The summed E-state index contributed by atoms with van der Waals surface area (Å²) >= 11 is 5.69. The third-order valence-corrected chi connectivity index (χ3v) is 2.61. The third kappa shape index (κ3) is 3.42. The second-order valence-electron chi connectivity index (χ2n) is 3.46. The Labute approximate surface area is 99.4 Å². The van der Waals surface area contributed by atoms with Crippen LogP contribution in [0.1, 0.15) is 18.0 Å². The summed E-state index contributed by atoms with van der Waals surface area (Å²) in [5, 5.41) is 11.8. The van der Waals surface area contributed by atoms with Crippen molar-refractivity contribution in [2.24, 2.45) is 5.73 Å². The van der Waals surface area contributed by atoms with E-state index in [-0.39, 0.29) is 24.2 Å². The smallest absolute Gasteiger partial charge is 0.146 e. The summed E-state index contributed by atoms with van der Waals surface area (Å²) in [5.74, 6) is -0.434. The number of halogens is 2. The number of aliphatic hydroxyl groups is 1. The lowest BCUT2D eigenvalue weighted by Gasteiger charge is -2.18. The van der Waals surface area contributed by atoms with Crippen LogP contribution in [0.2, 0.25) is 5.02 Å². The van der Waals surface area contributed by atoms with Crippen LogP contribution in [-0.4, -0.2) is 24.8 Å². The Balaban J connectivity index is 2.74. The van der Waals surface area contributed by atoms with Gasteiger partial charge in [-0.25, -0.2) is 4.39 Å². The Hall–Kier alpha value is -0.680. The molecular formula is C11H16ClFN2O. The molecule has 0 saturated heterocycles. The molecule has 0 saturated carbocycles. The molecule has 16 heavy (non-hydrogen) atoms. The number of hydrogen-bond donors (Lipinski definition) is 3. The van der Waals surface area contributed by atoms with Crippen LogP contribution in [0.4, 0.5) is 4.39 Å². The second-order valence-corrected chi connectivity index (χ2v) is 3.87. The molecule has 0 spiro atoms. The molecule has 3 nitrogen and oxygen atoms in total. The lowest BCUT2D eigenvalue weighted by atomic mass is 10.1. The third-order valence-electron chi connectivity index (χ3n) is 2.32. The number of nitrogens with one attached hydrogen (secondary N) is 1. The van der Waals surface area contributed by atoms with Crippen LogP contribution < -0.4 is 11.1 Å². The SMILES string of the molecule is NCC(NCCCO)c1cccc(Cl)c1F. The van der Waals surface area contributed by atoms with Gasteiger partial charge in [0.2, 0.25) is 0 Å². The van der Waals surface area contributed by atoms with Gasteiger partial charge >= 0.3 is 0 Å². The van der Waals surface area contributed by atoms with E-state index in [9.17, 15) is 4.39 Å². The standard InChI is InChI=1S/C11H16ClFN2O/c12-9-4-1-3-8(11(9)13)10(7-14)15-5-2-6-16/h1,3-4,10,15-16H,2,5-7,14H2. The van der Waals surface area contributed by atoms with Gasteiger partial charge in [-0.15, -0.1) is 0 Å². The molecule has 4 N–H and O–H groups in total. The molecule has 0 aliphatic heterocycles. The molecule has 0 aliphatic rings. The Morgan fingerprint density at radius 3 is 2.88 bits per heavy atom. The summed E-state index contributed by atoms with van der Waals surface area (Å²) < 4.78 is 13.7. The summed E-state index contributed by atoms with van der Waals surface area (Å²) in [4.78, 5) is 0. The van der Waals surface area contributed by atoms with Crippen LogP contribution in [0.3, 0.4) is 0 Å². The van der Waals surface area contributed by atoms with E-state index in [1.54, 1.807) is 12.1 Å². The molecule has 1 aromatic carbocycles. The zero-order valence-electron chi connectivity index (χ0n) is 8.92. The summed E-state index contributed by atoms with van der Waals surface area (Å²) in [6, 6.07) is 4.58. The van der Waals surface area contributed by atoms with Crippen molar-refractivity contribution in [1.29, 1.82) is 0 Å². The van der Waals surface area contributed by atoms with E-state index in [0.29, 0.717) is 18.5 Å². The molecule has 1 atom stereocenters. The molecule has 0 radical (unpaired) electrons. The van der Waals surface area contributed by atoms with E-state index in [4.69, 9.17) is 22.4 Å². The summed E-state index contributed by atoms with van der Waals surface area (Å²) in [7, 11) is 0. The van der Waals surface area contributed by atoms with Crippen molar-refractivity contribution in [2.75, 3.05) is 19.7 Å². The Kier molecular flexibility index (Phi) is 5.69. The Morgan fingerprint density at radius 2 is 2.25 bits per heavy atom. The van der Waals surface area contributed by atoms with Crippen molar-refractivity contribution in [2.45, 2.75) is 12.5 Å². The molecule has 0 heterocycles. The molecular weight excluding hydrogens is 231 g/mol. The molecule has 0 fully saturated rings. The van der Waals surface area contributed by atoms with Crippen LogP contribution in [0, 0.1) is 5.82 Å². The predicted octanol–water partition coefficient (Wildman–Crippen LogP) is 1.45. The van der Waals surface area contributed by atoms with E-state index in [0.717, 1.165) is 0 Å². The van der Waals surface area contributed by atoms with E-state index in [1.807, 2.05) is 0 Å². The second kappa shape index (κ2) is 6.81. The van der Waals surface area contributed by atoms with Crippen LogP contribution >= 0.6 is 11.6 Å². The fraction of sp³-hybridized carbons (Fsp3) is 0.455. The first-order valence-electron chi connectivity index (χ1n) is 5.19. The van der Waals surface area contributed by atoms with Crippen LogP contribution in [-0.2, 0) is 0 Å². The number of hydrogen-bond acceptors (Lipinski definition) is 3. The van der Waals surface area contributed by atoms with Gasteiger partial charge in [-0.1, -0.05) is 23.7 Å². The summed E-state index contributed by atoms with van der Waals surface area (Å²) in [6.45, 7) is 0.968. The molecule has 0 aromatic heterocycles. The monoisotopic (exact) mass is 246 g/mol. The Morgan fingerprint density at radius 1 is 1.50 bits per heavy atom. The van der Waals surface area contributed by atoms with Gasteiger partial charge in [-0.3, -0.25) is 0 Å². The topological polar surface area (TPSA) is 58.3 Å². The normalized spacial score (nSPS) is 12.8. The highest BCUT2D eigenvalue weighted by Gasteiger charge is 2.15. The van der Waals surface area contributed by atoms with Gasteiger partial charge in [-0.2, -0.15) is 0 Å². The molecule has 0 amide bonds. The molecule has 1 unspecified atom stereocenters. The van der Waals surface area contributed by atoms with Crippen molar-refractivity contribution in [3.05, 3.63) is 34.6 Å². The zero-order valence-corrected chi connectivity index (χ0v) is 9.67. The molecule has 5 heteroatoms.